The minimum atomic E-state index is -0.608. The summed E-state index contributed by atoms with van der Waals surface area (Å²) in [5, 5.41) is 3.20. The molecule has 2 aromatic carbocycles. The first-order chi connectivity index (χ1) is 12.5. The molecule has 130 valence electrons. The summed E-state index contributed by atoms with van der Waals surface area (Å²) in [5.74, 6) is -0.507. The van der Waals surface area contributed by atoms with Gasteiger partial charge in [0, 0.05) is 0 Å². The van der Waals surface area contributed by atoms with Crippen molar-refractivity contribution in [2.24, 2.45) is 5.73 Å². The lowest BCUT2D eigenvalue weighted by atomic mass is 9.99. The highest BCUT2D eigenvalue weighted by Crippen LogP contribution is 2.31. The van der Waals surface area contributed by atoms with Crippen molar-refractivity contribution in [3.05, 3.63) is 75.6 Å². The molecule has 1 aromatic heterocycles. The van der Waals surface area contributed by atoms with E-state index in [-0.39, 0.29) is 17.8 Å². The van der Waals surface area contributed by atoms with E-state index in [2.05, 4.69) is 5.32 Å². The van der Waals surface area contributed by atoms with Crippen LogP contribution >= 0.6 is 0 Å². The molecule has 0 spiro atoms. The van der Waals surface area contributed by atoms with Crippen molar-refractivity contribution in [3.8, 4) is 5.75 Å². The highest BCUT2D eigenvalue weighted by molar-refractivity contribution is 5.98. The fourth-order valence-corrected chi connectivity index (χ4v) is 3.02. The van der Waals surface area contributed by atoms with Crippen LogP contribution in [-0.2, 0) is 4.79 Å². The maximum Gasteiger partial charge on any atom is 0.288 e. The standard InChI is InChI=1S/C19H14N2O5/c20-14(22)9-25-11-7-5-10(6-8-11)16-15-17(23)12-3-1-2-4-13(12)26-18(15)19(24)21-16/h1-8,16H,9H2,(H2,20,22)(H,21,24)/t16-/m0/s1. The van der Waals surface area contributed by atoms with E-state index < -0.39 is 17.9 Å². The zero-order chi connectivity index (χ0) is 18.3. The van der Waals surface area contributed by atoms with Gasteiger partial charge in [-0.15, -0.1) is 0 Å². The molecule has 0 saturated carbocycles. The van der Waals surface area contributed by atoms with E-state index in [0.717, 1.165) is 0 Å². The minimum absolute atomic E-state index is 0.0350. The Labute approximate surface area is 147 Å². The number of para-hydroxylation sites is 1. The van der Waals surface area contributed by atoms with E-state index in [0.29, 0.717) is 27.8 Å². The molecule has 1 atom stereocenters. The van der Waals surface area contributed by atoms with Gasteiger partial charge in [0.25, 0.3) is 11.8 Å². The van der Waals surface area contributed by atoms with E-state index in [1.165, 1.54) is 0 Å². The number of carbonyl (C=O) groups is 2. The van der Waals surface area contributed by atoms with Crippen molar-refractivity contribution in [3.63, 3.8) is 0 Å². The predicted molar refractivity (Wildman–Crippen MR) is 92.9 cm³/mol. The summed E-state index contributed by atoms with van der Waals surface area (Å²) in [5.41, 5.74) is 6.18. The number of primary amides is 1. The number of hydrogen-bond acceptors (Lipinski definition) is 5. The molecular weight excluding hydrogens is 336 g/mol. The Balaban J connectivity index is 1.75. The number of benzene rings is 2. The van der Waals surface area contributed by atoms with Gasteiger partial charge in [-0.2, -0.15) is 0 Å². The molecule has 0 fully saturated rings. The molecule has 2 amide bonds. The molecule has 0 saturated heterocycles. The van der Waals surface area contributed by atoms with Gasteiger partial charge in [0.15, 0.2) is 12.0 Å². The Morgan fingerprint density at radius 1 is 1.12 bits per heavy atom. The maximum absolute atomic E-state index is 12.9. The quantitative estimate of drug-likeness (QED) is 0.740. The van der Waals surface area contributed by atoms with Crippen molar-refractivity contribution in [1.82, 2.24) is 5.32 Å². The van der Waals surface area contributed by atoms with Crippen LogP contribution < -0.4 is 21.2 Å². The minimum Gasteiger partial charge on any atom is -0.484 e. The van der Waals surface area contributed by atoms with Crippen molar-refractivity contribution in [2.75, 3.05) is 6.61 Å². The van der Waals surface area contributed by atoms with E-state index >= 15 is 0 Å². The Morgan fingerprint density at radius 3 is 2.58 bits per heavy atom. The third-order valence-electron chi connectivity index (χ3n) is 4.20. The lowest BCUT2D eigenvalue weighted by Crippen LogP contribution is -2.22. The molecule has 0 aliphatic carbocycles. The van der Waals surface area contributed by atoms with Crippen LogP contribution in [0.15, 0.2) is 57.7 Å². The molecule has 7 heteroatoms. The highest BCUT2D eigenvalue weighted by atomic mass is 16.5. The van der Waals surface area contributed by atoms with Gasteiger partial charge in [-0.1, -0.05) is 24.3 Å². The van der Waals surface area contributed by atoms with Crippen LogP contribution in [0.25, 0.3) is 11.0 Å². The first-order valence-corrected chi connectivity index (χ1v) is 7.92. The van der Waals surface area contributed by atoms with Crippen LogP contribution in [0.5, 0.6) is 5.75 Å². The fourth-order valence-electron chi connectivity index (χ4n) is 3.02. The van der Waals surface area contributed by atoms with Gasteiger partial charge in [-0.05, 0) is 29.8 Å². The van der Waals surface area contributed by atoms with Crippen molar-refractivity contribution >= 4 is 22.8 Å². The van der Waals surface area contributed by atoms with Gasteiger partial charge < -0.3 is 20.2 Å². The van der Waals surface area contributed by atoms with Crippen molar-refractivity contribution in [2.45, 2.75) is 6.04 Å². The zero-order valence-electron chi connectivity index (χ0n) is 13.5. The summed E-state index contributed by atoms with van der Waals surface area (Å²) in [7, 11) is 0. The molecule has 0 bridgehead atoms. The second-order valence-corrected chi connectivity index (χ2v) is 5.90. The SMILES string of the molecule is NC(=O)COc1ccc([C@@H]2NC(=O)c3oc4ccccc4c(=O)c32)cc1. The number of rotatable bonds is 4. The third-order valence-corrected chi connectivity index (χ3v) is 4.20. The Hall–Kier alpha value is -3.61. The molecular formula is C19H14N2O5. The summed E-state index contributed by atoms with van der Waals surface area (Å²) < 4.78 is 10.9. The second kappa shape index (κ2) is 6.03. The topological polar surface area (TPSA) is 112 Å². The lowest BCUT2D eigenvalue weighted by molar-refractivity contribution is -0.119. The van der Waals surface area contributed by atoms with Crippen LogP contribution in [0, 0.1) is 0 Å². The number of ether oxygens (including phenoxy) is 1. The monoisotopic (exact) mass is 350 g/mol. The smallest absolute Gasteiger partial charge is 0.288 e. The number of nitrogens with one attached hydrogen (secondary N) is 1. The van der Waals surface area contributed by atoms with Gasteiger partial charge in [0.1, 0.15) is 11.3 Å². The molecule has 2 heterocycles. The molecule has 1 aliphatic heterocycles. The first kappa shape index (κ1) is 15.9. The number of carbonyl (C=O) groups excluding carboxylic acids is 2. The summed E-state index contributed by atoms with van der Waals surface area (Å²) in [4.78, 5) is 35.9. The normalized spacial score (nSPS) is 15.5. The largest absolute Gasteiger partial charge is 0.484 e. The molecule has 4 rings (SSSR count). The fraction of sp³-hybridized carbons (Fsp3) is 0.105. The summed E-state index contributed by atoms with van der Waals surface area (Å²) in [6.07, 6.45) is 0. The van der Waals surface area contributed by atoms with Crippen LogP contribution in [0.3, 0.4) is 0 Å². The van der Waals surface area contributed by atoms with E-state index in [4.69, 9.17) is 14.9 Å². The van der Waals surface area contributed by atoms with Gasteiger partial charge >= 0.3 is 0 Å². The summed E-state index contributed by atoms with van der Waals surface area (Å²) in [6, 6.07) is 12.9. The Morgan fingerprint density at radius 2 is 1.85 bits per heavy atom. The summed E-state index contributed by atoms with van der Waals surface area (Å²) >= 11 is 0. The zero-order valence-corrected chi connectivity index (χ0v) is 13.5. The van der Waals surface area contributed by atoms with Gasteiger partial charge in [0.05, 0.1) is 17.0 Å². The molecule has 1 aliphatic rings. The van der Waals surface area contributed by atoms with E-state index in [1.54, 1.807) is 48.5 Å². The maximum atomic E-state index is 12.9. The molecule has 3 N–H and O–H groups in total. The molecule has 0 unspecified atom stereocenters. The first-order valence-electron chi connectivity index (χ1n) is 7.92. The average Bonchev–Trinajstić information content (AvgIpc) is 2.98. The van der Waals surface area contributed by atoms with Crippen LogP contribution in [-0.4, -0.2) is 18.4 Å². The lowest BCUT2D eigenvalue weighted by Gasteiger charge is -2.12. The number of amides is 2. The van der Waals surface area contributed by atoms with Crippen LogP contribution in [0.4, 0.5) is 0 Å². The number of fused-ring (bicyclic) bond motifs is 2. The molecule has 7 nitrogen and oxygen atoms in total. The van der Waals surface area contributed by atoms with Gasteiger partial charge in [-0.25, -0.2) is 0 Å². The van der Waals surface area contributed by atoms with Crippen molar-refractivity contribution < 1.29 is 18.7 Å². The average molecular weight is 350 g/mol. The molecule has 26 heavy (non-hydrogen) atoms. The summed E-state index contributed by atoms with van der Waals surface area (Å²) in [6.45, 7) is -0.224. The third kappa shape index (κ3) is 2.59. The van der Waals surface area contributed by atoms with Crippen LogP contribution in [0.2, 0.25) is 0 Å². The Bertz CT molecular complexity index is 1090. The van der Waals surface area contributed by atoms with Gasteiger partial charge in [-0.3, -0.25) is 14.4 Å². The second-order valence-electron chi connectivity index (χ2n) is 5.90. The number of hydrogen-bond donors (Lipinski definition) is 2. The van der Waals surface area contributed by atoms with Gasteiger partial charge in [0.2, 0.25) is 5.76 Å². The predicted octanol–water partition coefficient (Wildman–Crippen LogP) is 1.49. The van der Waals surface area contributed by atoms with E-state index in [1.807, 2.05) is 0 Å². The van der Waals surface area contributed by atoms with Crippen molar-refractivity contribution in [1.29, 1.82) is 0 Å². The van der Waals surface area contributed by atoms with E-state index in [9.17, 15) is 14.4 Å². The van der Waals surface area contributed by atoms with Crippen LogP contribution in [0.1, 0.15) is 27.7 Å². The molecule has 0 radical (unpaired) electrons. The number of nitrogens with two attached hydrogens (primary N) is 1. The Kier molecular flexibility index (Phi) is 3.69. The molecule has 3 aromatic rings. The highest BCUT2D eigenvalue weighted by Gasteiger charge is 2.35.